The number of hydrogen-bond donors (Lipinski definition) is 0. The van der Waals surface area contributed by atoms with E-state index in [1.54, 1.807) is 33.5 Å². The van der Waals surface area contributed by atoms with Crippen molar-refractivity contribution in [3.8, 4) is 6.07 Å². The van der Waals surface area contributed by atoms with Crippen molar-refractivity contribution < 1.29 is 13.2 Å². The van der Waals surface area contributed by atoms with Gasteiger partial charge in [-0.2, -0.15) is 5.26 Å². The molecule has 2 saturated heterocycles. The Kier molecular flexibility index (Phi) is 5.40. The molecule has 1 aromatic carbocycles. The van der Waals surface area contributed by atoms with Gasteiger partial charge in [0.1, 0.15) is 0 Å². The summed E-state index contributed by atoms with van der Waals surface area (Å²) >= 11 is 0. The quantitative estimate of drug-likeness (QED) is 0.814. The number of rotatable bonds is 4. The monoisotopic (exact) mass is 361 g/mol. The summed E-state index contributed by atoms with van der Waals surface area (Å²) in [5.41, 5.74) is 1.44. The van der Waals surface area contributed by atoms with E-state index in [0.29, 0.717) is 44.6 Å². The van der Waals surface area contributed by atoms with Crippen LogP contribution in [0.3, 0.4) is 0 Å². The summed E-state index contributed by atoms with van der Waals surface area (Å²) in [5.74, 6) is 0.0155. The lowest BCUT2D eigenvalue weighted by atomic mass is 10.1. The Morgan fingerprint density at radius 2 is 1.68 bits per heavy atom. The zero-order valence-corrected chi connectivity index (χ0v) is 15.0. The Balaban J connectivity index is 1.54. The van der Waals surface area contributed by atoms with Crippen LogP contribution < -0.4 is 0 Å². The third-order valence-electron chi connectivity index (χ3n) is 5.08. The topological polar surface area (TPSA) is 81.5 Å². The minimum Gasteiger partial charge on any atom is -0.342 e. The number of carbonyl (C=O) groups excluding carboxylic acids is 1. The first kappa shape index (κ1) is 17.9. The normalized spacial score (nSPS) is 19.7. The molecule has 0 saturated carbocycles. The van der Waals surface area contributed by atoms with Gasteiger partial charge in [0, 0.05) is 26.2 Å². The van der Waals surface area contributed by atoms with Crippen LogP contribution in [-0.2, 0) is 21.2 Å². The lowest BCUT2D eigenvalue weighted by Crippen LogP contribution is -2.46. The van der Waals surface area contributed by atoms with Gasteiger partial charge in [-0.3, -0.25) is 4.79 Å². The molecule has 134 valence electrons. The highest BCUT2D eigenvalue weighted by Crippen LogP contribution is 2.24. The smallest absolute Gasteiger partial charge is 0.226 e. The second-order valence-electron chi connectivity index (χ2n) is 6.72. The number of sulfonamides is 1. The SMILES string of the molecule is N#Cc1ccc(CC(=O)N2CCC(S(=O)(=O)N3CCCC3)CC2)cc1. The summed E-state index contributed by atoms with van der Waals surface area (Å²) in [7, 11) is -3.21. The van der Waals surface area contributed by atoms with Crippen molar-refractivity contribution in [1.29, 1.82) is 5.26 Å². The van der Waals surface area contributed by atoms with Crippen LogP contribution in [0.4, 0.5) is 0 Å². The molecule has 0 aromatic heterocycles. The Morgan fingerprint density at radius 1 is 1.08 bits per heavy atom. The molecule has 0 unspecified atom stereocenters. The van der Waals surface area contributed by atoms with E-state index in [2.05, 4.69) is 6.07 Å². The van der Waals surface area contributed by atoms with E-state index in [4.69, 9.17) is 5.26 Å². The largest absolute Gasteiger partial charge is 0.342 e. The number of piperidine rings is 1. The van der Waals surface area contributed by atoms with Crippen LogP contribution in [0.15, 0.2) is 24.3 Å². The van der Waals surface area contributed by atoms with Gasteiger partial charge in [-0.25, -0.2) is 12.7 Å². The van der Waals surface area contributed by atoms with Gasteiger partial charge in [0.15, 0.2) is 0 Å². The van der Waals surface area contributed by atoms with Gasteiger partial charge >= 0.3 is 0 Å². The fourth-order valence-electron chi connectivity index (χ4n) is 3.54. The zero-order chi connectivity index (χ0) is 17.9. The molecular formula is C18H23N3O3S. The average Bonchev–Trinajstić information content (AvgIpc) is 3.18. The maximum absolute atomic E-state index is 12.6. The van der Waals surface area contributed by atoms with Crippen molar-refractivity contribution in [1.82, 2.24) is 9.21 Å². The molecule has 0 N–H and O–H groups in total. The Labute approximate surface area is 149 Å². The number of carbonyl (C=O) groups is 1. The molecule has 2 heterocycles. The lowest BCUT2D eigenvalue weighted by Gasteiger charge is -2.33. The zero-order valence-electron chi connectivity index (χ0n) is 14.2. The van der Waals surface area contributed by atoms with Gasteiger partial charge in [0.2, 0.25) is 15.9 Å². The van der Waals surface area contributed by atoms with Gasteiger partial charge in [-0.15, -0.1) is 0 Å². The van der Waals surface area contributed by atoms with Gasteiger partial charge in [0.05, 0.1) is 23.3 Å². The minimum absolute atomic E-state index is 0.0155. The molecule has 0 aliphatic carbocycles. The van der Waals surface area contributed by atoms with Crippen molar-refractivity contribution in [2.24, 2.45) is 0 Å². The average molecular weight is 361 g/mol. The van der Waals surface area contributed by atoms with E-state index in [1.807, 2.05) is 0 Å². The van der Waals surface area contributed by atoms with Crippen molar-refractivity contribution in [2.45, 2.75) is 37.4 Å². The van der Waals surface area contributed by atoms with Crippen LogP contribution in [-0.4, -0.2) is 55.0 Å². The summed E-state index contributed by atoms with van der Waals surface area (Å²) in [6.07, 6.45) is 3.20. The number of benzene rings is 1. The highest BCUT2D eigenvalue weighted by Gasteiger charge is 2.36. The highest BCUT2D eigenvalue weighted by atomic mass is 32.2. The van der Waals surface area contributed by atoms with Crippen LogP contribution in [0.25, 0.3) is 0 Å². The summed E-state index contributed by atoms with van der Waals surface area (Å²) in [6, 6.07) is 9.05. The maximum atomic E-state index is 12.6. The van der Waals surface area contributed by atoms with E-state index >= 15 is 0 Å². The fourth-order valence-corrected chi connectivity index (χ4v) is 5.54. The fraction of sp³-hybridized carbons (Fsp3) is 0.556. The molecule has 0 radical (unpaired) electrons. The Hall–Kier alpha value is -1.91. The molecule has 0 spiro atoms. The molecule has 2 aliphatic rings. The van der Waals surface area contributed by atoms with Crippen LogP contribution in [0.2, 0.25) is 0 Å². The van der Waals surface area contributed by atoms with E-state index in [0.717, 1.165) is 18.4 Å². The Morgan fingerprint density at radius 3 is 2.24 bits per heavy atom. The van der Waals surface area contributed by atoms with Gasteiger partial charge < -0.3 is 4.90 Å². The van der Waals surface area contributed by atoms with Crippen molar-refractivity contribution in [2.75, 3.05) is 26.2 Å². The van der Waals surface area contributed by atoms with Crippen molar-refractivity contribution in [3.05, 3.63) is 35.4 Å². The van der Waals surface area contributed by atoms with E-state index in [-0.39, 0.29) is 17.6 Å². The summed E-state index contributed by atoms with van der Waals surface area (Å²) in [4.78, 5) is 14.2. The standard InChI is InChI=1S/C18H23N3O3S/c19-14-16-5-3-15(4-6-16)13-18(22)20-11-7-17(8-12-20)25(23,24)21-9-1-2-10-21/h3-6,17H,1-2,7-13H2. The van der Waals surface area contributed by atoms with E-state index < -0.39 is 10.0 Å². The minimum atomic E-state index is -3.21. The Bertz CT molecular complexity index is 754. The molecule has 0 bridgehead atoms. The summed E-state index contributed by atoms with van der Waals surface area (Å²) in [5, 5.41) is 8.45. The number of nitrogens with zero attached hydrogens (tertiary/aromatic N) is 3. The van der Waals surface area contributed by atoms with E-state index in [9.17, 15) is 13.2 Å². The van der Waals surface area contributed by atoms with Crippen LogP contribution >= 0.6 is 0 Å². The molecule has 2 aliphatic heterocycles. The summed E-state index contributed by atoms with van der Waals surface area (Å²) < 4.78 is 26.8. The predicted octanol–water partition coefficient (Wildman–Crippen LogP) is 1.52. The third kappa shape index (κ3) is 4.02. The first-order chi connectivity index (χ1) is 12.0. The molecular weight excluding hydrogens is 338 g/mol. The molecule has 3 rings (SSSR count). The molecule has 1 amide bonds. The lowest BCUT2D eigenvalue weighted by molar-refractivity contribution is -0.131. The molecule has 2 fully saturated rings. The van der Waals surface area contributed by atoms with Crippen molar-refractivity contribution >= 4 is 15.9 Å². The number of nitriles is 1. The predicted molar refractivity (Wildman–Crippen MR) is 94.2 cm³/mol. The third-order valence-corrected chi connectivity index (χ3v) is 7.48. The molecule has 25 heavy (non-hydrogen) atoms. The first-order valence-electron chi connectivity index (χ1n) is 8.76. The molecule has 7 heteroatoms. The van der Waals surface area contributed by atoms with Crippen molar-refractivity contribution in [3.63, 3.8) is 0 Å². The maximum Gasteiger partial charge on any atom is 0.226 e. The number of hydrogen-bond acceptors (Lipinski definition) is 4. The highest BCUT2D eigenvalue weighted by molar-refractivity contribution is 7.89. The molecule has 1 aromatic rings. The second kappa shape index (κ2) is 7.54. The van der Waals surface area contributed by atoms with Gasteiger partial charge in [0.25, 0.3) is 0 Å². The summed E-state index contributed by atoms with van der Waals surface area (Å²) in [6.45, 7) is 2.26. The van der Waals surface area contributed by atoms with Crippen LogP contribution in [0, 0.1) is 11.3 Å². The van der Waals surface area contributed by atoms with Crippen LogP contribution in [0.1, 0.15) is 36.8 Å². The second-order valence-corrected chi connectivity index (χ2v) is 8.93. The van der Waals surface area contributed by atoms with Gasteiger partial charge in [-0.1, -0.05) is 12.1 Å². The first-order valence-corrected chi connectivity index (χ1v) is 10.3. The molecule has 0 atom stereocenters. The number of amides is 1. The number of likely N-dealkylation sites (tertiary alicyclic amines) is 1. The molecule has 6 nitrogen and oxygen atoms in total. The van der Waals surface area contributed by atoms with E-state index in [1.165, 1.54) is 0 Å². The van der Waals surface area contributed by atoms with Crippen LogP contribution in [0.5, 0.6) is 0 Å². The van der Waals surface area contributed by atoms with Gasteiger partial charge in [-0.05, 0) is 43.4 Å².